The molecule has 31 heavy (non-hydrogen) atoms. The molecule has 0 aromatic heterocycles. The largest absolute Gasteiger partial charge is 0.468 e. The fraction of sp³-hybridized carbons (Fsp3) is 0.652. The lowest BCUT2D eigenvalue weighted by Gasteiger charge is -2.46. The number of rotatable bonds is 4. The molecular formula is C23H28BrNO6. The van der Waals surface area contributed by atoms with Gasteiger partial charge in [-0.3, -0.25) is 19.2 Å². The van der Waals surface area contributed by atoms with Crippen molar-refractivity contribution in [3.8, 4) is 0 Å². The summed E-state index contributed by atoms with van der Waals surface area (Å²) in [5.41, 5.74) is -1.41. The van der Waals surface area contributed by atoms with Crippen molar-refractivity contribution in [3.05, 3.63) is 22.8 Å². The summed E-state index contributed by atoms with van der Waals surface area (Å²) in [6, 6.07) is 0. The summed E-state index contributed by atoms with van der Waals surface area (Å²) in [6.07, 6.45) is 6.08. The van der Waals surface area contributed by atoms with Crippen molar-refractivity contribution in [1.29, 1.82) is 0 Å². The third-order valence-corrected chi connectivity index (χ3v) is 8.35. The zero-order valence-electron chi connectivity index (χ0n) is 18.0. The number of halogens is 1. The second-order valence-electron chi connectivity index (χ2n) is 8.98. The summed E-state index contributed by atoms with van der Waals surface area (Å²) in [7, 11) is 2.88. The van der Waals surface area contributed by atoms with Crippen LogP contribution in [0.25, 0.3) is 0 Å². The van der Waals surface area contributed by atoms with Crippen LogP contribution in [0.3, 0.4) is 0 Å². The molecule has 3 unspecified atom stereocenters. The number of amides is 1. The number of hydrogen-bond acceptors (Lipinski definition) is 6. The van der Waals surface area contributed by atoms with Gasteiger partial charge >= 0.3 is 5.97 Å². The topological polar surface area (TPSA) is 90.0 Å². The van der Waals surface area contributed by atoms with Crippen molar-refractivity contribution in [1.82, 2.24) is 4.90 Å². The number of methoxy groups -OCH3 is 2. The van der Waals surface area contributed by atoms with E-state index in [4.69, 9.17) is 9.47 Å². The van der Waals surface area contributed by atoms with Gasteiger partial charge in [0.1, 0.15) is 5.78 Å². The van der Waals surface area contributed by atoms with Crippen molar-refractivity contribution in [2.45, 2.75) is 38.7 Å². The molecule has 2 bridgehead atoms. The molecule has 2 saturated carbocycles. The minimum atomic E-state index is -1.41. The first-order valence-electron chi connectivity index (χ1n) is 10.8. The molecule has 4 aliphatic rings. The van der Waals surface area contributed by atoms with E-state index in [0.29, 0.717) is 19.4 Å². The number of esters is 1. The average molecular weight is 494 g/mol. The van der Waals surface area contributed by atoms with Gasteiger partial charge in [-0.25, -0.2) is 0 Å². The van der Waals surface area contributed by atoms with Crippen LogP contribution in [0.5, 0.6) is 0 Å². The van der Waals surface area contributed by atoms with Gasteiger partial charge in [-0.15, -0.1) is 0 Å². The van der Waals surface area contributed by atoms with Crippen LogP contribution in [0, 0.1) is 35.0 Å². The Bertz CT molecular complexity index is 881. The lowest BCUT2D eigenvalue weighted by Crippen LogP contribution is -2.58. The normalized spacial score (nSPS) is 39.8. The van der Waals surface area contributed by atoms with Crippen molar-refractivity contribution in [2.24, 2.45) is 35.0 Å². The lowest BCUT2D eigenvalue weighted by molar-refractivity contribution is -0.174. The Balaban J connectivity index is 1.82. The highest BCUT2D eigenvalue weighted by Crippen LogP contribution is 2.57. The Labute approximate surface area is 190 Å². The van der Waals surface area contributed by atoms with E-state index in [1.165, 1.54) is 7.11 Å². The molecule has 0 aromatic rings. The maximum Gasteiger partial charge on any atom is 0.321 e. The van der Waals surface area contributed by atoms with Gasteiger partial charge < -0.3 is 14.4 Å². The predicted molar refractivity (Wildman–Crippen MR) is 115 cm³/mol. The molecule has 0 N–H and O–H groups in total. The molecule has 1 heterocycles. The number of ketones is 2. The Morgan fingerprint density at radius 2 is 2.03 bits per heavy atom. The molecule has 7 nitrogen and oxygen atoms in total. The van der Waals surface area contributed by atoms with Gasteiger partial charge in [0, 0.05) is 48.5 Å². The Kier molecular flexibility index (Phi) is 5.98. The average Bonchev–Trinajstić information content (AvgIpc) is 2.98. The van der Waals surface area contributed by atoms with E-state index >= 15 is 0 Å². The van der Waals surface area contributed by atoms with Crippen molar-refractivity contribution in [3.63, 3.8) is 0 Å². The van der Waals surface area contributed by atoms with Crippen LogP contribution in [-0.4, -0.2) is 55.2 Å². The minimum absolute atomic E-state index is 0.0169. The Morgan fingerprint density at radius 3 is 2.65 bits per heavy atom. The Hall–Kier alpha value is -1.80. The summed E-state index contributed by atoms with van der Waals surface area (Å²) >= 11 is 3.56. The van der Waals surface area contributed by atoms with E-state index in [0.717, 1.165) is 4.48 Å². The molecule has 3 aliphatic carbocycles. The molecule has 1 aliphatic heterocycles. The van der Waals surface area contributed by atoms with E-state index in [2.05, 4.69) is 15.9 Å². The summed E-state index contributed by atoms with van der Waals surface area (Å²) in [5.74, 6) is -2.45. The minimum Gasteiger partial charge on any atom is -0.468 e. The smallest absolute Gasteiger partial charge is 0.321 e. The van der Waals surface area contributed by atoms with Crippen LogP contribution in [0.2, 0.25) is 0 Å². The molecule has 2 fully saturated rings. The number of carbonyl (C=O) groups is 4. The highest BCUT2D eigenvalue weighted by atomic mass is 79.9. The molecule has 0 spiro atoms. The van der Waals surface area contributed by atoms with Gasteiger partial charge in [0.2, 0.25) is 5.91 Å². The van der Waals surface area contributed by atoms with Gasteiger partial charge in [0.15, 0.2) is 11.2 Å². The van der Waals surface area contributed by atoms with Crippen LogP contribution in [0.1, 0.15) is 32.6 Å². The van der Waals surface area contributed by atoms with Gasteiger partial charge in [0.25, 0.3) is 0 Å². The fourth-order valence-electron chi connectivity index (χ4n) is 6.48. The third-order valence-electron chi connectivity index (χ3n) is 7.83. The number of carbonyl (C=O) groups excluding carboxylic acids is 4. The maximum absolute atomic E-state index is 13.7. The fourth-order valence-corrected chi connectivity index (χ4v) is 7.07. The number of hydrogen-bond donors (Lipinski definition) is 0. The molecule has 0 saturated heterocycles. The second kappa shape index (κ2) is 8.28. The number of Topliss-reactive ketones (excluding diaryl/α,β-unsaturated/α-hetero) is 1. The van der Waals surface area contributed by atoms with Gasteiger partial charge in [-0.1, -0.05) is 22.0 Å². The number of allylic oxidation sites excluding steroid dienone is 2. The quantitative estimate of drug-likeness (QED) is 0.441. The first-order valence-corrected chi connectivity index (χ1v) is 11.6. The van der Waals surface area contributed by atoms with E-state index < -0.39 is 23.2 Å². The third kappa shape index (κ3) is 3.25. The van der Waals surface area contributed by atoms with Crippen LogP contribution >= 0.6 is 15.9 Å². The summed E-state index contributed by atoms with van der Waals surface area (Å²) < 4.78 is 11.6. The number of ether oxygens (including phenoxy) is 2. The molecule has 4 rings (SSSR count). The summed E-state index contributed by atoms with van der Waals surface area (Å²) in [6.45, 7) is 2.26. The molecule has 0 radical (unpaired) electrons. The number of fused-ring (bicyclic) bond motifs is 3. The summed E-state index contributed by atoms with van der Waals surface area (Å²) in [4.78, 5) is 54.3. The lowest BCUT2D eigenvalue weighted by atomic mass is 9.55. The monoisotopic (exact) mass is 493 g/mol. The second-order valence-corrected chi connectivity index (χ2v) is 10.00. The SMILES string of the molecule is CCN1C=C(Br)C[C@H]2[C@@H](C3C[C@H]4C(=O)C=CC3C4OC)C(=O)CC[C@@]2(C(=O)OC)C1=O. The highest BCUT2D eigenvalue weighted by Gasteiger charge is 2.64. The first-order chi connectivity index (χ1) is 14.8. The van der Waals surface area contributed by atoms with Gasteiger partial charge in [0.05, 0.1) is 13.2 Å². The van der Waals surface area contributed by atoms with Crippen LogP contribution in [-0.2, 0) is 28.7 Å². The van der Waals surface area contributed by atoms with E-state index in [-0.39, 0.29) is 54.2 Å². The standard InChI is InChI=1S/C23H28BrNO6/c1-4-25-11-12(24)9-16-19(14-10-15-17(26)6-5-13(14)20(15)30-2)18(27)7-8-23(16,21(25)28)22(29)31-3/h5-6,11,13-16,19-20H,4,7-10H2,1-3H3/t13?,14?,15-,16-,19+,20?,23-/m0/s1. The summed E-state index contributed by atoms with van der Waals surface area (Å²) in [5, 5.41) is 0. The van der Waals surface area contributed by atoms with E-state index in [1.54, 1.807) is 24.3 Å². The van der Waals surface area contributed by atoms with E-state index in [1.807, 2.05) is 13.0 Å². The molecule has 0 aromatic carbocycles. The van der Waals surface area contributed by atoms with Crippen molar-refractivity contribution < 1.29 is 28.7 Å². The predicted octanol–water partition coefficient (Wildman–Crippen LogP) is 2.64. The van der Waals surface area contributed by atoms with E-state index in [9.17, 15) is 19.2 Å². The Morgan fingerprint density at radius 1 is 1.29 bits per heavy atom. The zero-order chi connectivity index (χ0) is 22.5. The molecule has 1 amide bonds. The van der Waals surface area contributed by atoms with Crippen LogP contribution < -0.4 is 0 Å². The maximum atomic E-state index is 13.7. The van der Waals surface area contributed by atoms with Gasteiger partial charge in [-0.2, -0.15) is 0 Å². The number of nitrogens with zero attached hydrogens (tertiary/aromatic N) is 1. The molecule has 7 atom stereocenters. The van der Waals surface area contributed by atoms with Crippen LogP contribution in [0.15, 0.2) is 22.8 Å². The molecule has 168 valence electrons. The molecular weight excluding hydrogens is 466 g/mol. The highest BCUT2D eigenvalue weighted by molar-refractivity contribution is 9.11. The molecule has 8 heteroatoms. The van der Waals surface area contributed by atoms with Gasteiger partial charge in [-0.05, 0) is 44.1 Å². The zero-order valence-corrected chi connectivity index (χ0v) is 19.6. The van der Waals surface area contributed by atoms with Crippen molar-refractivity contribution in [2.75, 3.05) is 20.8 Å². The first kappa shape index (κ1) is 22.4. The van der Waals surface area contributed by atoms with Crippen LogP contribution in [0.4, 0.5) is 0 Å². The van der Waals surface area contributed by atoms with Crippen molar-refractivity contribution >= 4 is 39.4 Å².